The minimum absolute atomic E-state index is 0.195. The lowest BCUT2D eigenvalue weighted by Crippen LogP contribution is -2.16. The summed E-state index contributed by atoms with van der Waals surface area (Å²) in [6.07, 6.45) is 2.69. The maximum atomic E-state index is 5.61. The average Bonchev–Trinajstić information content (AvgIpc) is 2.34. The fourth-order valence-electron chi connectivity index (χ4n) is 0.796. The summed E-state index contributed by atoms with van der Waals surface area (Å²) in [7, 11) is 1.62. The maximum absolute atomic E-state index is 5.61. The van der Waals surface area contributed by atoms with Crippen molar-refractivity contribution in [3.05, 3.63) is 11.1 Å². The van der Waals surface area contributed by atoms with Gasteiger partial charge in [-0.05, 0) is 13.3 Å². The minimum atomic E-state index is 0.195. The quantitative estimate of drug-likeness (QED) is 0.741. The largest absolute Gasteiger partial charge is 0.473 e. The Labute approximate surface area is 70.2 Å². The van der Waals surface area contributed by atoms with Gasteiger partial charge in [-0.15, -0.1) is 0 Å². The Morgan fingerprint density at radius 2 is 2.55 bits per heavy atom. The molecule has 0 saturated carbocycles. The van der Waals surface area contributed by atoms with Gasteiger partial charge < -0.3 is 10.5 Å². The SMILES string of the molecule is COc1ncc(CC(C)N)s1. The summed E-state index contributed by atoms with van der Waals surface area (Å²) < 4.78 is 4.94. The van der Waals surface area contributed by atoms with E-state index in [2.05, 4.69) is 4.98 Å². The zero-order valence-corrected chi connectivity index (χ0v) is 7.52. The lowest BCUT2D eigenvalue weighted by atomic mass is 10.2. The van der Waals surface area contributed by atoms with Crippen molar-refractivity contribution in [2.45, 2.75) is 19.4 Å². The van der Waals surface area contributed by atoms with Crippen molar-refractivity contribution in [2.75, 3.05) is 7.11 Å². The van der Waals surface area contributed by atoms with E-state index in [1.54, 1.807) is 18.4 Å². The van der Waals surface area contributed by atoms with E-state index in [-0.39, 0.29) is 6.04 Å². The van der Waals surface area contributed by atoms with Gasteiger partial charge >= 0.3 is 0 Å². The highest BCUT2D eigenvalue weighted by atomic mass is 32.1. The van der Waals surface area contributed by atoms with E-state index in [9.17, 15) is 0 Å². The first-order valence-electron chi connectivity index (χ1n) is 3.46. The Hall–Kier alpha value is -0.610. The van der Waals surface area contributed by atoms with Crippen LogP contribution in [0.1, 0.15) is 11.8 Å². The molecule has 3 nitrogen and oxygen atoms in total. The molecular weight excluding hydrogens is 160 g/mol. The van der Waals surface area contributed by atoms with Gasteiger partial charge in [0.1, 0.15) is 0 Å². The normalized spacial score (nSPS) is 13.0. The van der Waals surface area contributed by atoms with Crippen molar-refractivity contribution in [3.8, 4) is 5.19 Å². The first kappa shape index (κ1) is 8.49. The predicted molar refractivity (Wildman–Crippen MR) is 46.0 cm³/mol. The molecule has 62 valence electrons. The van der Waals surface area contributed by atoms with Crippen molar-refractivity contribution in [1.29, 1.82) is 0 Å². The number of hydrogen-bond donors (Lipinski definition) is 1. The number of nitrogens with zero attached hydrogens (tertiary/aromatic N) is 1. The first-order chi connectivity index (χ1) is 5.22. The molecule has 11 heavy (non-hydrogen) atoms. The van der Waals surface area contributed by atoms with Crippen LogP contribution < -0.4 is 10.5 Å². The van der Waals surface area contributed by atoms with Crippen LogP contribution in [0.2, 0.25) is 0 Å². The van der Waals surface area contributed by atoms with Crippen molar-refractivity contribution < 1.29 is 4.74 Å². The second-order valence-electron chi connectivity index (χ2n) is 2.48. The van der Waals surface area contributed by atoms with Crippen LogP contribution in [0.25, 0.3) is 0 Å². The van der Waals surface area contributed by atoms with Crippen molar-refractivity contribution in [1.82, 2.24) is 4.98 Å². The molecule has 0 aromatic carbocycles. The van der Waals surface area contributed by atoms with Crippen LogP contribution in [-0.4, -0.2) is 18.1 Å². The molecule has 1 heterocycles. The van der Waals surface area contributed by atoms with Crippen LogP contribution in [0, 0.1) is 0 Å². The van der Waals surface area contributed by atoms with Crippen LogP contribution in [-0.2, 0) is 6.42 Å². The highest BCUT2D eigenvalue weighted by molar-refractivity contribution is 7.13. The molecule has 0 spiro atoms. The standard InChI is InChI=1S/C7H12N2OS/c1-5(8)3-6-4-9-7(10-2)11-6/h4-5H,3,8H2,1-2H3. The molecule has 0 bridgehead atoms. The Morgan fingerprint density at radius 1 is 1.82 bits per heavy atom. The van der Waals surface area contributed by atoms with Gasteiger partial charge in [-0.25, -0.2) is 4.98 Å². The number of hydrogen-bond acceptors (Lipinski definition) is 4. The Bertz CT molecular complexity index is 222. The van der Waals surface area contributed by atoms with Crippen LogP contribution in [0.4, 0.5) is 0 Å². The highest BCUT2D eigenvalue weighted by Gasteiger charge is 2.03. The summed E-state index contributed by atoms with van der Waals surface area (Å²) in [5.74, 6) is 0. The van der Waals surface area contributed by atoms with E-state index in [4.69, 9.17) is 10.5 Å². The average molecular weight is 172 g/mol. The molecule has 4 heteroatoms. The van der Waals surface area contributed by atoms with Gasteiger partial charge in [-0.2, -0.15) is 0 Å². The number of thiazole rings is 1. The summed E-state index contributed by atoms with van der Waals surface area (Å²) in [6, 6.07) is 0.195. The molecule has 0 fully saturated rings. The van der Waals surface area contributed by atoms with Crippen LogP contribution in [0.3, 0.4) is 0 Å². The van der Waals surface area contributed by atoms with E-state index in [0.29, 0.717) is 5.19 Å². The Balaban J connectivity index is 2.58. The van der Waals surface area contributed by atoms with Crippen LogP contribution in [0.5, 0.6) is 5.19 Å². The second-order valence-corrected chi connectivity index (χ2v) is 3.56. The number of nitrogens with two attached hydrogens (primary N) is 1. The molecule has 0 radical (unpaired) electrons. The number of ether oxygens (including phenoxy) is 1. The molecule has 1 aromatic heterocycles. The number of aromatic nitrogens is 1. The fourth-order valence-corrected chi connectivity index (χ4v) is 1.66. The minimum Gasteiger partial charge on any atom is -0.473 e. The molecule has 0 amide bonds. The molecule has 0 aliphatic heterocycles. The molecular formula is C7H12N2OS. The molecule has 1 atom stereocenters. The zero-order chi connectivity index (χ0) is 8.27. The van der Waals surface area contributed by atoms with Crippen molar-refractivity contribution in [3.63, 3.8) is 0 Å². The van der Waals surface area contributed by atoms with Gasteiger partial charge in [-0.3, -0.25) is 0 Å². The molecule has 0 saturated heterocycles. The predicted octanol–water partition coefficient (Wildman–Crippen LogP) is 1.04. The van der Waals surface area contributed by atoms with Gasteiger partial charge in [0.05, 0.1) is 7.11 Å². The molecule has 0 aliphatic carbocycles. The second kappa shape index (κ2) is 3.69. The summed E-state index contributed by atoms with van der Waals surface area (Å²) in [5, 5.41) is 0.709. The van der Waals surface area contributed by atoms with Crippen LogP contribution in [0.15, 0.2) is 6.20 Å². The van der Waals surface area contributed by atoms with E-state index < -0.39 is 0 Å². The van der Waals surface area contributed by atoms with Crippen LogP contribution >= 0.6 is 11.3 Å². The third-order valence-corrected chi connectivity index (χ3v) is 2.21. The molecule has 1 unspecified atom stereocenters. The first-order valence-corrected chi connectivity index (χ1v) is 4.28. The highest BCUT2D eigenvalue weighted by Crippen LogP contribution is 2.20. The molecule has 1 rings (SSSR count). The van der Waals surface area contributed by atoms with Gasteiger partial charge in [-0.1, -0.05) is 11.3 Å². The number of methoxy groups -OCH3 is 1. The summed E-state index contributed by atoms with van der Waals surface area (Å²) in [6.45, 7) is 1.98. The van der Waals surface area contributed by atoms with Gasteiger partial charge in [0.25, 0.3) is 5.19 Å². The maximum Gasteiger partial charge on any atom is 0.273 e. The topological polar surface area (TPSA) is 48.1 Å². The molecule has 0 aliphatic rings. The lowest BCUT2D eigenvalue weighted by molar-refractivity contribution is 0.412. The number of rotatable bonds is 3. The molecule has 2 N–H and O–H groups in total. The van der Waals surface area contributed by atoms with Crippen molar-refractivity contribution >= 4 is 11.3 Å². The molecule has 1 aromatic rings. The third-order valence-electron chi connectivity index (χ3n) is 1.23. The van der Waals surface area contributed by atoms with E-state index in [0.717, 1.165) is 6.42 Å². The van der Waals surface area contributed by atoms with Gasteiger partial charge in [0.15, 0.2) is 0 Å². The van der Waals surface area contributed by atoms with E-state index in [1.165, 1.54) is 4.88 Å². The summed E-state index contributed by atoms with van der Waals surface area (Å²) >= 11 is 1.55. The lowest BCUT2D eigenvalue weighted by Gasteiger charge is -1.98. The zero-order valence-electron chi connectivity index (χ0n) is 6.70. The Morgan fingerprint density at radius 3 is 3.00 bits per heavy atom. The van der Waals surface area contributed by atoms with E-state index >= 15 is 0 Å². The summed E-state index contributed by atoms with van der Waals surface area (Å²) in [4.78, 5) is 5.21. The summed E-state index contributed by atoms with van der Waals surface area (Å²) in [5.41, 5.74) is 5.61. The van der Waals surface area contributed by atoms with Gasteiger partial charge in [0, 0.05) is 17.1 Å². The van der Waals surface area contributed by atoms with Crippen molar-refractivity contribution in [2.24, 2.45) is 5.73 Å². The Kier molecular flexibility index (Phi) is 2.84. The monoisotopic (exact) mass is 172 g/mol. The smallest absolute Gasteiger partial charge is 0.273 e. The fraction of sp³-hybridized carbons (Fsp3) is 0.571. The van der Waals surface area contributed by atoms with Gasteiger partial charge in [0.2, 0.25) is 0 Å². The third kappa shape index (κ3) is 2.48. The van der Waals surface area contributed by atoms with E-state index in [1.807, 2.05) is 13.1 Å².